The summed E-state index contributed by atoms with van der Waals surface area (Å²) >= 11 is 0. The van der Waals surface area contributed by atoms with Gasteiger partial charge in [0.05, 0.1) is 5.69 Å². The summed E-state index contributed by atoms with van der Waals surface area (Å²) in [6.07, 6.45) is 1.12. The smallest absolute Gasteiger partial charge is 0.0711 e. The van der Waals surface area contributed by atoms with Gasteiger partial charge in [0.2, 0.25) is 0 Å². The maximum atomic E-state index is 5.08. The summed E-state index contributed by atoms with van der Waals surface area (Å²) in [5.74, 6) is 0.898. The van der Waals surface area contributed by atoms with Crippen molar-refractivity contribution in [3.63, 3.8) is 0 Å². The molecular weight excluding hydrogens is 362 g/mol. The number of pyridine rings is 1. The van der Waals surface area contributed by atoms with E-state index in [9.17, 15) is 0 Å². The van der Waals surface area contributed by atoms with Crippen LogP contribution in [-0.2, 0) is 6.42 Å². The van der Waals surface area contributed by atoms with Crippen LogP contribution in [0.1, 0.15) is 43.5 Å². The molecule has 0 spiro atoms. The van der Waals surface area contributed by atoms with E-state index >= 15 is 0 Å². The Morgan fingerprint density at radius 3 is 1.83 bits per heavy atom. The lowest BCUT2D eigenvalue weighted by Crippen LogP contribution is -2.02. The monoisotopic (exact) mass is 391 g/mol. The van der Waals surface area contributed by atoms with Gasteiger partial charge in [-0.15, -0.1) is 0 Å². The largest absolute Gasteiger partial charge is 0.252 e. The Hall–Kier alpha value is -3.19. The molecule has 30 heavy (non-hydrogen) atoms. The first kappa shape index (κ1) is 20.1. The first-order chi connectivity index (χ1) is 14.6. The summed E-state index contributed by atoms with van der Waals surface area (Å²) in [5, 5.41) is 0. The van der Waals surface area contributed by atoms with Crippen LogP contribution in [0.5, 0.6) is 0 Å². The molecule has 0 bridgehead atoms. The quantitative estimate of drug-likeness (QED) is 0.327. The van der Waals surface area contributed by atoms with Crippen molar-refractivity contribution in [1.82, 2.24) is 4.98 Å². The van der Waals surface area contributed by atoms with Gasteiger partial charge in [0.1, 0.15) is 0 Å². The molecule has 0 aliphatic carbocycles. The van der Waals surface area contributed by atoms with Crippen LogP contribution in [0.15, 0.2) is 97.1 Å². The van der Waals surface area contributed by atoms with Crippen molar-refractivity contribution >= 4 is 0 Å². The van der Waals surface area contributed by atoms with Crippen molar-refractivity contribution in [3.8, 4) is 22.4 Å². The molecule has 150 valence electrons. The maximum absolute atomic E-state index is 5.08. The first-order valence-electron chi connectivity index (χ1n) is 10.8. The molecule has 1 unspecified atom stereocenters. The third-order valence-electron chi connectivity index (χ3n) is 5.59. The van der Waals surface area contributed by atoms with Crippen LogP contribution in [0.25, 0.3) is 22.4 Å². The molecule has 0 aliphatic heterocycles. The van der Waals surface area contributed by atoms with Gasteiger partial charge in [0.15, 0.2) is 0 Å². The molecule has 1 nitrogen and oxygen atoms in total. The van der Waals surface area contributed by atoms with Gasteiger partial charge in [-0.3, -0.25) is 4.98 Å². The predicted molar refractivity (Wildman–Crippen MR) is 128 cm³/mol. The highest BCUT2D eigenvalue weighted by molar-refractivity contribution is 5.71. The number of hydrogen-bond donors (Lipinski definition) is 0. The zero-order valence-electron chi connectivity index (χ0n) is 18.0. The molecule has 4 aromatic rings. The van der Waals surface area contributed by atoms with E-state index in [4.69, 9.17) is 4.98 Å². The summed E-state index contributed by atoms with van der Waals surface area (Å²) in [7, 11) is 0. The Bertz CT molecular complexity index is 1020. The molecule has 1 atom stereocenters. The number of aromatic nitrogens is 1. The second-order valence-corrected chi connectivity index (χ2v) is 8.46. The van der Waals surface area contributed by atoms with Crippen LogP contribution in [0.2, 0.25) is 0 Å². The standard InChI is InChI=1S/C29H29N/c1-21(2)18-23-14-16-24(17-15-23)22(3)28-19-27(25-10-6-4-7-11-25)20-29(30-28)26-12-8-5-9-13-26/h4-17,19-22H,18H2,1-3H3. The summed E-state index contributed by atoms with van der Waals surface area (Å²) in [5.41, 5.74) is 8.41. The topological polar surface area (TPSA) is 12.9 Å². The minimum absolute atomic E-state index is 0.226. The van der Waals surface area contributed by atoms with Crippen molar-refractivity contribution in [2.75, 3.05) is 0 Å². The fraction of sp³-hybridized carbons (Fsp3) is 0.207. The highest BCUT2D eigenvalue weighted by Gasteiger charge is 2.14. The van der Waals surface area contributed by atoms with Crippen molar-refractivity contribution in [3.05, 3.63) is 114 Å². The molecule has 1 aromatic heterocycles. The zero-order chi connectivity index (χ0) is 20.9. The van der Waals surface area contributed by atoms with Gasteiger partial charge in [-0.05, 0) is 46.7 Å². The van der Waals surface area contributed by atoms with E-state index in [1.54, 1.807) is 0 Å². The molecule has 0 N–H and O–H groups in total. The Labute approximate surface area is 180 Å². The minimum atomic E-state index is 0.226. The maximum Gasteiger partial charge on any atom is 0.0711 e. The molecule has 0 fully saturated rings. The molecular formula is C29H29N. The molecule has 0 aliphatic rings. The second kappa shape index (κ2) is 9.09. The normalized spacial score (nSPS) is 12.1. The van der Waals surface area contributed by atoms with Gasteiger partial charge in [-0.2, -0.15) is 0 Å². The first-order valence-corrected chi connectivity index (χ1v) is 10.8. The summed E-state index contributed by atoms with van der Waals surface area (Å²) in [6, 6.07) is 34.5. The minimum Gasteiger partial charge on any atom is -0.252 e. The molecule has 0 saturated heterocycles. The lowest BCUT2D eigenvalue weighted by molar-refractivity contribution is 0.647. The highest BCUT2D eigenvalue weighted by atomic mass is 14.7. The Morgan fingerprint density at radius 1 is 0.633 bits per heavy atom. The van der Waals surface area contributed by atoms with E-state index in [0.29, 0.717) is 5.92 Å². The van der Waals surface area contributed by atoms with E-state index in [1.807, 2.05) is 6.07 Å². The Balaban J connectivity index is 1.74. The number of hydrogen-bond acceptors (Lipinski definition) is 1. The van der Waals surface area contributed by atoms with Crippen molar-refractivity contribution in [1.29, 1.82) is 0 Å². The van der Waals surface area contributed by atoms with Gasteiger partial charge in [-0.1, -0.05) is 106 Å². The lowest BCUT2D eigenvalue weighted by atomic mass is 9.92. The Morgan fingerprint density at radius 2 is 1.23 bits per heavy atom. The van der Waals surface area contributed by atoms with Gasteiger partial charge in [-0.25, -0.2) is 0 Å². The third kappa shape index (κ3) is 4.68. The number of rotatable bonds is 6. The molecule has 3 aromatic carbocycles. The van der Waals surface area contributed by atoms with Crippen LogP contribution in [0, 0.1) is 5.92 Å². The fourth-order valence-electron chi connectivity index (χ4n) is 3.91. The van der Waals surface area contributed by atoms with Crippen LogP contribution < -0.4 is 0 Å². The summed E-state index contributed by atoms with van der Waals surface area (Å²) < 4.78 is 0. The van der Waals surface area contributed by atoms with Gasteiger partial charge < -0.3 is 0 Å². The zero-order valence-corrected chi connectivity index (χ0v) is 18.0. The lowest BCUT2D eigenvalue weighted by Gasteiger charge is -2.16. The van der Waals surface area contributed by atoms with Crippen LogP contribution >= 0.6 is 0 Å². The average molecular weight is 392 g/mol. The van der Waals surface area contributed by atoms with Crippen molar-refractivity contribution in [2.24, 2.45) is 5.92 Å². The van der Waals surface area contributed by atoms with E-state index in [-0.39, 0.29) is 5.92 Å². The summed E-state index contributed by atoms with van der Waals surface area (Å²) in [6.45, 7) is 6.78. The van der Waals surface area contributed by atoms with E-state index in [0.717, 1.165) is 23.4 Å². The molecule has 1 heteroatoms. The van der Waals surface area contributed by atoms with E-state index < -0.39 is 0 Å². The van der Waals surface area contributed by atoms with Crippen LogP contribution in [-0.4, -0.2) is 4.98 Å². The van der Waals surface area contributed by atoms with Crippen LogP contribution in [0.3, 0.4) is 0 Å². The predicted octanol–water partition coefficient (Wildman–Crippen LogP) is 7.77. The number of benzene rings is 3. The van der Waals surface area contributed by atoms with E-state index in [1.165, 1.54) is 22.3 Å². The number of nitrogens with zero attached hydrogens (tertiary/aromatic N) is 1. The van der Waals surface area contributed by atoms with Crippen molar-refractivity contribution < 1.29 is 0 Å². The molecule has 1 heterocycles. The summed E-state index contributed by atoms with van der Waals surface area (Å²) in [4.78, 5) is 5.08. The molecule has 0 saturated carbocycles. The SMILES string of the molecule is CC(C)Cc1ccc(C(C)c2cc(-c3ccccc3)cc(-c3ccccc3)n2)cc1. The third-order valence-corrected chi connectivity index (χ3v) is 5.59. The van der Waals surface area contributed by atoms with Crippen LogP contribution in [0.4, 0.5) is 0 Å². The molecule has 0 amide bonds. The molecule has 4 rings (SSSR count). The van der Waals surface area contributed by atoms with Gasteiger partial charge in [0, 0.05) is 17.2 Å². The average Bonchev–Trinajstić information content (AvgIpc) is 2.79. The van der Waals surface area contributed by atoms with E-state index in [2.05, 4.69) is 112 Å². The van der Waals surface area contributed by atoms with Gasteiger partial charge >= 0.3 is 0 Å². The second-order valence-electron chi connectivity index (χ2n) is 8.46. The van der Waals surface area contributed by atoms with Crippen molar-refractivity contribution in [2.45, 2.75) is 33.1 Å². The Kier molecular flexibility index (Phi) is 6.09. The fourth-order valence-corrected chi connectivity index (χ4v) is 3.91. The highest BCUT2D eigenvalue weighted by Crippen LogP contribution is 2.31. The molecule has 0 radical (unpaired) electrons. The van der Waals surface area contributed by atoms with Gasteiger partial charge in [0.25, 0.3) is 0 Å².